The SMILES string of the molecule is CCCCCCC/C=C\C/C=C\CCCCCCCCCCCCCCCCCCCCCC(=O)NC(COP(=O)([O-])OCC[N+](C)(C)C)C(O)/C=C/CC/C=C/CCCCCCCCCCCC. The number of carbonyl (C=O) groups is 1. The summed E-state index contributed by atoms with van der Waals surface area (Å²) in [6, 6.07) is -0.902. The van der Waals surface area contributed by atoms with Crippen LogP contribution in [0.2, 0.25) is 0 Å². The van der Waals surface area contributed by atoms with Crippen LogP contribution >= 0.6 is 7.82 Å². The average molecular weight is 992 g/mol. The Morgan fingerprint density at radius 3 is 1.26 bits per heavy atom. The van der Waals surface area contributed by atoms with Crippen LogP contribution < -0.4 is 10.2 Å². The molecular weight excluding hydrogens is 876 g/mol. The summed E-state index contributed by atoms with van der Waals surface area (Å²) in [5, 5.41) is 13.9. The summed E-state index contributed by atoms with van der Waals surface area (Å²) < 4.78 is 23.3. The molecule has 0 radical (unpaired) electrons. The van der Waals surface area contributed by atoms with Gasteiger partial charge in [0.25, 0.3) is 7.82 Å². The van der Waals surface area contributed by atoms with Crippen molar-refractivity contribution in [2.24, 2.45) is 0 Å². The van der Waals surface area contributed by atoms with Gasteiger partial charge in [-0.2, -0.15) is 0 Å². The zero-order valence-corrected chi connectivity index (χ0v) is 47.2. The molecule has 0 saturated carbocycles. The molecule has 69 heavy (non-hydrogen) atoms. The summed E-state index contributed by atoms with van der Waals surface area (Å²) >= 11 is 0. The second-order valence-corrected chi connectivity index (χ2v) is 22.8. The maximum absolute atomic E-state index is 13.0. The van der Waals surface area contributed by atoms with Crippen LogP contribution in [0.15, 0.2) is 48.6 Å². The van der Waals surface area contributed by atoms with Gasteiger partial charge >= 0.3 is 0 Å². The molecule has 1 amide bonds. The van der Waals surface area contributed by atoms with Gasteiger partial charge in [-0.25, -0.2) is 0 Å². The molecule has 0 aliphatic carbocycles. The van der Waals surface area contributed by atoms with E-state index in [4.69, 9.17) is 9.05 Å². The predicted octanol–water partition coefficient (Wildman–Crippen LogP) is 17.3. The van der Waals surface area contributed by atoms with Crippen molar-refractivity contribution in [3.8, 4) is 0 Å². The van der Waals surface area contributed by atoms with Crippen LogP contribution in [-0.2, 0) is 18.4 Å². The number of likely N-dealkylation sites (N-methyl/N-ethyl adjacent to an activating group) is 1. The van der Waals surface area contributed by atoms with Crippen molar-refractivity contribution in [1.82, 2.24) is 5.32 Å². The Morgan fingerprint density at radius 1 is 0.507 bits per heavy atom. The first-order valence-electron chi connectivity index (χ1n) is 29.5. The third-order valence-corrected chi connectivity index (χ3v) is 14.2. The third kappa shape index (κ3) is 54.1. The number of carbonyl (C=O) groups excluding carboxylic acids is 1. The van der Waals surface area contributed by atoms with Crippen molar-refractivity contribution in [2.45, 2.75) is 289 Å². The highest BCUT2D eigenvalue weighted by molar-refractivity contribution is 7.45. The van der Waals surface area contributed by atoms with Gasteiger partial charge in [-0.05, 0) is 64.2 Å². The number of hydrogen-bond donors (Lipinski definition) is 2. The van der Waals surface area contributed by atoms with Crippen LogP contribution in [0.5, 0.6) is 0 Å². The number of nitrogens with one attached hydrogen (secondary N) is 1. The smallest absolute Gasteiger partial charge is 0.268 e. The minimum atomic E-state index is -4.60. The Kier molecular flexibility index (Phi) is 50.2. The van der Waals surface area contributed by atoms with E-state index < -0.39 is 26.6 Å². The van der Waals surface area contributed by atoms with Crippen LogP contribution in [0.25, 0.3) is 0 Å². The minimum absolute atomic E-state index is 0.00577. The van der Waals surface area contributed by atoms with E-state index in [1.165, 1.54) is 212 Å². The average Bonchev–Trinajstić information content (AvgIpc) is 3.31. The van der Waals surface area contributed by atoms with E-state index in [2.05, 4.69) is 55.6 Å². The first kappa shape index (κ1) is 67.5. The third-order valence-electron chi connectivity index (χ3n) is 13.3. The first-order chi connectivity index (χ1) is 33.5. The highest BCUT2D eigenvalue weighted by atomic mass is 31.2. The Labute approximate surface area is 429 Å². The molecule has 0 saturated heterocycles. The predicted molar refractivity (Wildman–Crippen MR) is 298 cm³/mol. The maximum atomic E-state index is 13.0. The van der Waals surface area contributed by atoms with E-state index in [9.17, 15) is 19.4 Å². The van der Waals surface area contributed by atoms with Gasteiger partial charge in [-0.15, -0.1) is 0 Å². The van der Waals surface area contributed by atoms with Gasteiger partial charge in [-0.3, -0.25) is 9.36 Å². The molecule has 0 rings (SSSR count). The molecule has 0 aromatic carbocycles. The molecule has 0 heterocycles. The molecule has 3 atom stereocenters. The van der Waals surface area contributed by atoms with Gasteiger partial charge in [0, 0.05) is 6.42 Å². The van der Waals surface area contributed by atoms with Crippen molar-refractivity contribution < 1.29 is 32.9 Å². The van der Waals surface area contributed by atoms with Crippen LogP contribution in [0.3, 0.4) is 0 Å². The summed E-state index contributed by atoms with van der Waals surface area (Å²) in [5.74, 6) is -0.204. The highest BCUT2D eigenvalue weighted by Crippen LogP contribution is 2.38. The number of amides is 1. The van der Waals surface area contributed by atoms with E-state index in [1.807, 2.05) is 27.2 Å². The van der Waals surface area contributed by atoms with Crippen LogP contribution in [0, 0.1) is 0 Å². The van der Waals surface area contributed by atoms with E-state index in [-0.39, 0.29) is 12.5 Å². The molecule has 0 fully saturated rings. The molecule has 3 unspecified atom stereocenters. The summed E-state index contributed by atoms with van der Waals surface area (Å²) in [4.78, 5) is 25.5. The standard InChI is InChI=1S/C60H115N2O6P/c1-6-8-10-12-14-16-18-20-22-24-25-26-27-28-29-30-31-32-33-34-35-36-37-38-40-42-44-46-48-50-52-54-60(64)61-58(57-68-69(65,66)67-56-55-62(3,4)5)59(63)53-51-49-47-45-43-41-39-23-21-19-17-15-13-11-9-7-2/h18,20,24-25,43,45,51,53,58-59,63H,6-17,19,21-23,26-42,44,46-50,52,54-57H2,1-5H3,(H-,61,64,65,66)/b20-18-,25-24-,45-43+,53-51+. The molecule has 0 spiro atoms. The van der Waals surface area contributed by atoms with Crippen molar-refractivity contribution in [2.75, 3.05) is 40.9 Å². The number of phosphoric acid groups is 1. The second kappa shape index (κ2) is 51.4. The summed E-state index contributed by atoms with van der Waals surface area (Å²) in [7, 11) is 1.25. The zero-order valence-electron chi connectivity index (χ0n) is 46.3. The van der Waals surface area contributed by atoms with E-state index in [0.29, 0.717) is 17.4 Å². The fraction of sp³-hybridized carbons (Fsp3) is 0.850. The number of unbranched alkanes of at least 4 members (excludes halogenated alkanes) is 35. The molecule has 0 aromatic heterocycles. The normalized spacial score (nSPS) is 14.2. The highest BCUT2D eigenvalue weighted by Gasteiger charge is 2.23. The lowest BCUT2D eigenvalue weighted by Crippen LogP contribution is -2.45. The number of nitrogens with zero attached hydrogens (tertiary/aromatic N) is 1. The Hall–Kier alpha value is -1.54. The zero-order chi connectivity index (χ0) is 50.6. The number of hydrogen-bond acceptors (Lipinski definition) is 6. The molecular formula is C60H115N2O6P. The monoisotopic (exact) mass is 991 g/mol. The molecule has 0 aromatic rings. The van der Waals surface area contributed by atoms with Gasteiger partial charge in [0.2, 0.25) is 5.91 Å². The molecule has 8 nitrogen and oxygen atoms in total. The largest absolute Gasteiger partial charge is 0.756 e. The fourth-order valence-electron chi connectivity index (χ4n) is 8.61. The van der Waals surface area contributed by atoms with Crippen LogP contribution in [0.1, 0.15) is 277 Å². The number of phosphoric ester groups is 1. The number of aliphatic hydroxyl groups is 1. The van der Waals surface area contributed by atoms with E-state index in [1.54, 1.807) is 6.08 Å². The lowest BCUT2D eigenvalue weighted by molar-refractivity contribution is -0.870. The van der Waals surface area contributed by atoms with Crippen molar-refractivity contribution >= 4 is 13.7 Å². The van der Waals surface area contributed by atoms with Crippen molar-refractivity contribution in [3.63, 3.8) is 0 Å². The van der Waals surface area contributed by atoms with Gasteiger partial charge < -0.3 is 28.8 Å². The van der Waals surface area contributed by atoms with Crippen LogP contribution in [-0.4, -0.2) is 68.5 Å². The van der Waals surface area contributed by atoms with Gasteiger partial charge in [0.05, 0.1) is 39.9 Å². The second-order valence-electron chi connectivity index (χ2n) is 21.3. The summed E-state index contributed by atoms with van der Waals surface area (Å²) in [5.41, 5.74) is 0. The quantitative estimate of drug-likeness (QED) is 0.0272. The molecule has 0 aliphatic heterocycles. The fourth-order valence-corrected chi connectivity index (χ4v) is 9.34. The molecule has 0 bridgehead atoms. The summed E-state index contributed by atoms with van der Waals surface area (Å²) in [6.45, 7) is 4.64. The number of aliphatic hydroxyl groups excluding tert-OH is 1. The minimum Gasteiger partial charge on any atom is -0.756 e. The Balaban J connectivity index is 4.10. The Morgan fingerprint density at radius 2 is 0.855 bits per heavy atom. The summed E-state index contributed by atoms with van der Waals surface area (Å²) in [6.07, 6.45) is 67.7. The lowest BCUT2D eigenvalue weighted by atomic mass is 10.0. The van der Waals surface area contributed by atoms with E-state index in [0.717, 1.165) is 44.9 Å². The number of rotatable bonds is 54. The van der Waals surface area contributed by atoms with Gasteiger partial charge in [0.15, 0.2) is 0 Å². The number of allylic oxidation sites excluding steroid dienone is 7. The lowest BCUT2D eigenvalue weighted by Gasteiger charge is -2.29. The van der Waals surface area contributed by atoms with Crippen molar-refractivity contribution in [3.05, 3.63) is 48.6 Å². The topological polar surface area (TPSA) is 108 Å². The maximum Gasteiger partial charge on any atom is 0.268 e. The Bertz CT molecular complexity index is 1260. The molecule has 406 valence electrons. The van der Waals surface area contributed by atoms with Crippen molar-refractivity contribution in [1.29, 1.82) is 0 Å². The van der Waals surface area contributed by atoms with Crippen LogP contribution in [0.4, 0.5) is 0 Å². The molecule has 9 heteroatoms. The molecule has 0 aliphatic rings. The molecule has 2 N–H and O–H groups in total. The van der Waals surface area contributed by atoms with Gasteiger partial charge in [0.1, 0.15) is 13.2 Å². The first-order valence-corrected chi connectivity index (χ1v) is 31.0. The van der Waals surface area contributed by atoms with Gasteiger partial charge in [-0.1, -0.05) is 255 Å². The van der Waals surface area contributed by atoms with E-state index >= 15 is 0 Å². The number of quaternary nitrogens is 1.